The van der Waals surface area contributed by atoms with Gasteiger partial charge in [0, 0.05) is 17.3 Å². The molecule has 0 bridgehead atoms. The van der Waals surface area contributed by atoms with E-state index in [-0.39, 0.29) is 5.91 Å². The lowest BCUT2D eigenvalue weighted by atomic mass is 10.1. The molecule has 0 aromatic heterocycles. The molecule has 1 amide bonds. The fourth-order valence-electron chi connectivity index (χ4n) is 2.14. The zero-order chi connectivity index (χ0) is 16.7. The van der Waals surface area contributed by atoms with Crippen LogP contribution in [0.5, 0.6) is 11.5 Å². The molecule has 4 heteroatoms. The average Bonchev–Trinajstić information content (AvgIpc) is 2.60. The van der Waals surface area contributed by atoms with E-state index < -0.39 is 0 Å². The Hall–Kier alpha value is -2.75. The third kappa shape index (κ3) is 4.61. The average molecular weight is 311 g/mol. The minimum atomic E-state index is -0.195. The Morgan fingerprint density at radius 3 is 2.43 bits per heavy atom. The lowest BCUT2D eigenvalue weighted by Gasteiger charge is -2.07. The molecular weight excluding hydrogens is 290 g/mol. The van der Waals surface area contributed by atoms with E-state index >= 15 is 0 Å². The maximum absolute atomic E-state index is 12.0. The van der Waals surface area contributed by atoms with Crippen LogP contribution >= 0.6 is 0 Å². The van der Waals surface area contributed by atoms with Gasteiger partial charge in [0.05, 0.1) is 14.2 Å². The second kappa shape index (κ2) is 8.03. The lowest BCUT2D eigenvalue weighted by molar-refractivity contribution is -0.111. The molecule has 0 aliphatic rings. The van der Waals surface area contributed by atoms with E-state index in [9.17, 15) is 4.79 Å². The third-order valence-corrected chi connectivity index (χ3v) is 3.48. The van der Waals surface area contributed by atoms with Gasteiger partial charge < -0.3 is 14.8 Å². The first-order valence-electron chi connectivity index (χ1n) is 7.46. The maximum Gasteiger partial charge on any atom is 0.248 e. The van der Waals surface area contributed by atoms with Gasteiger partial charge in [-0.2, -0.15) is 0 Å². The van der Waals surface area contributed by atoms with Gasteiger partial charge in [-0.15, -0.1) is 0 Å². The molecule has 4 nitrogen and oxygen atoms in total. The number of benzene rings is 2. The summed E-state index contributed by atoms with van der Waals surface area (Å²) in [6.07, 6.45) is 4.16. The molecule has 1 N–H and O–H groups in total. The summed E-state index contributed by atoms with van der Waals surface area (Å²) in [5.74, 6) is 1.20. The van der Waals surface area contributed by atoms with Crippen molar-refractivity contribution in [2.75, 3.05) is 19.5 Å². The summed E-state index contributed by atoms with van der Waals surface area (Å²) in [6, 6.07) is 13.2. The molecule has 120 valence electrons. The number of ether oxygens (including phenoxy) is 2. The van der Waals surface area contributed by atoms with Crippen molar-refractivity contribution in [3.63, 3.8) is 0 Å². The second-order valence-electron chi connectivity index (χ2n) is 4.98. The van der Waals surface area contributed by atoms with Gasteiger partial charge in [0.25, 0.3) is 0 Å². The number of carbonyl (C=O) groups is 1. The fraction of sp³-hybridized carbons (Fsp3) is 0.211. The monoisotopic (exact) mass is 311 g/mol. The van der Waals surface area contributed by atoms with Gasteiger partial charge in [0.1, 0.15) is 11.5 Å². The molecule has 0 heterocycles. The maximum atomic E-state index is 12.0. The van der Waals surface area contributed by atoms with Crippen LogP contribution in [0, 0.1) is 0 Å². The Balaban J connectivity index is 2.08. The highest BCUT2D eigenvalue weighted by molar-refractivity contribution is 6.02. The van der Waals surface area contributed by atoms with E-state index in [1.807, 2.05) is 36.4 Å². The minimum absolute atomic E-state index is 0.195. The van der Waals surface area contributed by atoms with Crippen LogP contribution in [0.1, 0.15) is 18.1 Å². The predicted octanol–water partition coefficient (Wildman–Crippen LogP) is 3.92. The Morgan fingerprint density at radius 1 is 1.09 bits per heavy atom. The van der Waals surface area contributed by atoms with Crippen molar-refractivity contribution in [2.45, 2.75) is 13.3 Å². The third-order valence-electron chi connectivity index (χ3n) is 3.48. The summed E-state index contributed by atoms with van der Waals surface area (Å²) in [5, 5.41) is 2.83. The molecule has 2 aromatic rings. The first-order valence-corrected chi connectivity index (χ1v) is 7.46. The molecule has 0 aliphatic heterocycles. The number of methoxy groups -OCH3 is 2. The number of aryl methyl sites for hydroxylation is 1. The van der Waals surface area contributed by atoms with Gasteiger partial charge in [0.15, 0.2) is 0 Å². The molecule has 0 unspecified atom stereocenters. The highest BCUT2D eigenvalue weighted by Gasteiger charge is 2.03. The van der Waals surface area contributed by atoms with Crippen molar-refractivity contribution in [2.24, 2.45) is 0 Å². The normalized spacial score (nSPS) is 10.6. The van der Waals surface area contributed by atoms with Gasteiger partial charge in [-0.3, -0.25) is 4.79 Å². The SMILES string of the molecule is CCc1ccc(NC(=O)/C=C/c2cc(OC)ccc2OC)cc1. The molecule has 0 spiro atoms. The first-order chi connectivity index (χ1) is 11.2. The molecule has 0 saturated heterocycles. The van der Waals surface area contributed by atoms with E-state index in [2.05, 4.69) is 12.2 Å². The quantitative estimate of drug-likeness (QED) is 0.823. The molecule has 0 atom stereocenters. The molecule has 23 heavy (non-hydrogen) atoms. The van der Waals surface area contributed by atoms with Crippen molar-refractivity contribution in [3.05, 3.63) is 59.7 Å². The van der Waals surface area contributed by atoms with Crippen molar-refractivity contribution in [3.8, 4) is 11.5 Å². The predicted molar refractivity (Wildman–Crippen MR) is 93.0 cm³/mol. The van der Waals surface area contributed by atoms with Crippen molar-refractivity contribution in [1.82, 2.24) is 0 Å². The molecule has 2 rings (SSSR count). The van der Waals surface area contributed by atoms with E-state index in [0.717, 1.165) is 17.7 Å². The van der Waals surface area contributed by atoms with E-state index in [0.29, 0.717) is 11.5 Å². The zero-order valence-electron chi connectivity index (χ0n) is 13.6. The number of carbonyl (C=O) groups excluding carboxylic acids is 1. The smallest absolute Gasteiger partial charge is 0.248 e. The van der Waals surface area contributed by atoms with Gasteiger partial charge in [-0.05, 0) is 48.4 Å². The van der Waals surface area contributed by atoms with Gasteiger partial charge in [0.2, 0.25) is 5.91 Å². The molecule has 0 fully saturated rings. The number of nitrogens with one attached hydrogen (secondary N) is 1. The molecule has 0 saturated carbocycles. The summed E-state index contributed by atoms with van der Waals surface area (Å²) >= 11 is 0. The Kier molecular flexibility index (Phi) is 5.80. The van der Waals surface area contributed by atoms with Crippen LogP contribution in [0.2, 0.25) is 0 Å². The van der Waals surface area contributed by atoms with E-state index in [1.165, 1.54) is 11.6 Å². The van der Waals surface area contributed by atoms with Crippen molar-refractivity contribution in [1.29, 1.82) is 0 Å². The van der Waals surface area contributed by atoms with Crippen LogP contribution in [-0.2, 0) is 11.2 Å². The highest BCUT2D eigenvalue weighted by Crippen LogP contribution is 2.25. The summed E-state index contributed by atoms with van der Waals surface area (Å²) in [4.78, 5) is 12.0. The molecule has 0 radical (unpaired) electrons. The highest BCUT2D eigenvalue weighted by atomic mass is 16.5. The van der Waals surface area contributed by atoms with Crippen LogP contribution in [0.15, 0.2) is 48.5 Å². The topological polar surface area (TPSA) is 47.6 Å². The van der Waals surface area contributed by atoms with Crippen LogP contribution < -0.4 is 14.8 Å². The molecular formula is C19H21NO3. The van der Waals surface area contributed by atoms with Gasteiger partial charge in [-0.1, -0.05) is 19.1 Å². The van der Waals surface area contributed by atoms with Crippen LogP contribution in [-0.4, -0.2) is 20.1 Å². The van der Waals surface area contributed by atoms with Gasteiger partial charge in [-0.25, -0.2) is 0 Å². The number of hydrogen-bond acceptors (Lipinski definition) is 3. The van der Waals surface area contributed by atoms with Crippen LogP contribution in [0.4, 0.5) is 5.69 Å². The van der Waals surface area contributed by atoms with E-state index in [1.54, 1.807) is 26.4 Å². The van der Waals surface area contributed by atoms with Crippen molar-refractivity contribution < 1.29 is 14.3 Å². The summed E-state index contributed by atoms with van der Waals surface area (Å²) in [5.41, 5.74) is 2.79. The van der Waals surface area contributed by atoms with E-state index in [4.69, 9.17) is 9.47 Å². The molecule has 0 aliphatic carbocycles. The Bertz CT molecular complexity index is 690. The number of amides is 1. The summed E-state index contributed by atoms with van der Waals surface area (Å²) in [6.45, 7) is 2.10. The lowest BCUT2D eigenvalue weighted by Crippen LogP contribution is -2.07. The van der Waals surface area contributed by atoms with Crippen LogP contribution in [0.25, 0.3) is 6.08 Å². The number of hydrogen-bond donors (Lipinski definition) is 1. The minimum Gasteiger partial charge on any atom is -0.497 e. The largest absolute Gasteiger partial charge is 0.497 e. The molecule has 2 aromatic carbocycles. The van der Waals surface area contributed by atoms with Crippen molar-refractivity contribution >= 4 is 17.7 Å². The van der Waals surface area contributed by atoms with Crippen LogP contribution in [0.3, 0.4) is 0 Å². The fourth-order valence-corrected chi connectivity index (χ4v) is 2.14. The standard InChI is InChI=1S/C19H21NO3/c1-4-14-5-8-16(9-6-14)20-19(21)12-7-15-13-17(22-2)10-11-18(15)23-3/h5-13H,4H2,1-3H3,(H,20,21)/b12-7+. The first kappa shape index (κ1) is 16.6. The summed E-state index contributed by atoms with van der Waals surface area (Å²) < 4.78 is 10.5. The second-order valence-corrected chi connectivity index (χ2v) is 4.98. The van der Waals surface area contributed by atoms with Gasteiger partial charge >= 0.3 is 0 Å². The Labute approximate surface area is 136 Å². The summed E-state index contributed by atoms with van der Waals surface area (Å²) in [7, 11) is 3.19. The zero-order valence-corrected chi connectivity index (χ0v) is 13.6. The number of rotatable bonds is 6. The Morgan fingerprint density at radius 2 is 1.83 bits per heavy atom. The number of anilines is 1.